The van der Waals surface area contributed by atoms with Crippen molar-refractivity contribution in [1.82, 2.24) is 9.55 Å². The molecule has 0 aliphatic heterocycles. The Bertz CT molecular complexity index is 1180. The molecular weight excluding hydrogens is 394 g/mol. The molecule has 30 heavy (non-hydrogen) atoms. The fourth-order valence-corrected chi connectivity index (χ4v) is 4.79. The molecule has 5 nitrogen and oxygen atoms in total. The van der Waals surface area contributed by atoms with E-state index in [-0.39, 0.29) is 17.4 Å². The Morgan fingerprint density at radius 1 is 1.10 bits per heavy atom. The van der Waals surface area contributed by atoms with Crippen molar-refractivity contribution in [3.05, 3.63) is 68.7 Å². The Morgan fingerprint density at radius 3 is 2.47 bits per heavy atom. The lowest BCUT2D eigenvalue weighted by Crippen LogP contribution is -2.31. The normalized spacial score (nSPS) is 19.0. The summed E-state index contributed by atoms with van der Waals surface area (Å²) >= 11 is 5.44. The van der Waals surface area contributed by atoms with Crippen molar-refractivity contribution in [2.75, 3.05) is 5.32 Å². The summed E-state index contributed by atoms with van der Waals surface area (Å²) in [6, 6.07) is 13.6. The molecule has 0 radical (unpaired) electrons. The van der Waals surface area contributed by atoms with Crippen LogP contribution in [-0.4, -0.2) is 15.5 Å². The maximum Gasteiger partial charge on any atom is 0.262 e. The monoisotopic (exact) mass is 421 g/mol. The topological polar surface area (TPSA) is 66.9 Å². The molecule has 1 aliphatic carbocycles. The van der Waals surface area contributed by atoms with E-state index in [1.807, 2.05) is 50.2 Å². The number of nitrogens with zero attached hydrogens (tertiary/aromatic N) is 1. The summed E-state index contributed by atoms with van der Waals surface area (Å²) in [5, 5.41) is 3.74. The highest BCUT2D eigenvalue weighted by Crippen LogP contribution is 2.31. The molecule has 1 aromatic heterocycles. The fraction of sp³-hybridized carbons (Fsp3) is 0.375. The molecule has 3 aromatic rings. The molecule has 0 atom stereocenters. The minimum absolute atomic E-state index is 0.0185. The van der Waals surface area contributed by atoms with Crippen LogP contribution in [-0.2, 0) is 11.3 Å². The van der Waals surface area contributed by atoms with Crippen molar-refractivity contribution in [2.45, 2.75) is 46.1 Å². The number of carbonyl (C=O) groups excluding carboxylic acids is 1. The largest absolute Gasteiger partial charge is 0.332 e. The number of para-hydroxylation sites is 1. The van der Waals surface area contributed by atoms with Crippen LogP contribution in [0.25, 0.3) is 10.9 Å². The number of hydrogen-bond donors (Lipinski definition) is 2. The van der Waals surface area contributed by atoms with E-state index >= 15 is 0 Å². The van der Waals surface area contributed by atoms with Gasteiger partial charge in [-0.15, -0.1) is 0 Å². The van der Waals surface area contributed by atoms with Crippen molar-refractivity contribution in [3.63, 3.8) is 0 Å². The smallest absolute Gasteiger partial charge is 0.262 e. The standard InChI is InChI=1S/C24H27N3O2S/c1-15-11-16(2)13-19(12-15)25-22(28)18-9-7-17(8-10-18)14-27-23(29)20-5-3-4-6-21(20)26-24(27)30/h3-6,11-13,17-18H,7-10,14H2,1-2H3,(H,25,28)(H,26,30). The second-order valence-electron chi connectivity index (χ2n) is 8.47. The fourth-order valence-electron chi connectivity index (χ4n) is 4.52. The third kappa shape index (κ3) is 4.38. The number of anilines is 1. The third-order valence-corrected chi connectivity index (χ3v) is 6.36. The zero-order chi connectivity index (χ0) is 21.3. The Balaban J connectivity index is 1.40. The van der Waals surface area contributed by atoms with E-state index in [1.54, 1.807) is 4.57 Å². The minimum atomic E-state index is -0.0379. The second kappa shape index (κ2) is 8.56. The highest BCUT2D eigenvalue weighted by atomic mass is 32.1. The highest BCUT2D eigenvalue weighted by molar-refractivity contribution is 7.71. The average Bonchev–Trinajstić information content (AvgIpc) is 2.71. The number of aryl methyl sites for hydroxylation is 2. The summed E-state index contributed by atoms with van der Waals surface area (Å²) in [5.41, 5.74) is 3.89. The van der Waals surface area contributed by atoms with Crippen LogP contribution in [0.3, 0.4) is 0 Å². The van der Waals surface area contributed by atoms with Crippen molar-refractivity contribution < 1.29 is 4.79 Å². The molecule has 2 aromatic carbocycles. The number of nitrogens with one attached hydrogen (secondary N) is 2. The molecule has 0 spiro atoms. The summed E-state index contributed by atoms with van der Waals surface area (Å²) in [4.78, 5) is 28.8. The average molecular weight is 422 g/mol. The first kappa shape index (κ1) is 20.5. The van der Waals surface area contributed by atoms with Crippen molar-refractivity contribution in [3.8, 4) is 0 Å². The van der Waals surface area contributed by atoms with E-state index in [0.29, 0.717) is 22.6 Å². The summed E-state index contributed by atoms with van der Waals surface area (Å²) < 4.78 is 2.14. The van der Waals surface area contributed by atoms with Gasteiger partial charge < -0.3 is 10.3 Å². The van der Waals surface area contributed by atoms with Crippen LogP contribution in [0.15, 0.2) is 47.3 Å². The number of H-pyrrole nitrogens is 1. The van der Waals surface area contributed by atoms with Gasteiger partial charge in [-0.1, -0.05) is 18.2 Å². The van der Waals surface area contributed by atoms with Gasteiger partial charge in [-0.3, -0.25) is 14.2 Å². The predicted molar refractivity (Wildman–Crippen MR) is 123 cm³/mol. The van der Waals surface area contributed by atoms with Crippen LogP contribution < -0.4 is 10.9 Å². The van der Waals surface area contributed by atoms with Crippen molar-refractivity contribution >= 4 is 34.7 Å². The van der Waals surface area contributed by atoms with Crippen LogP contribution in [0.5, 0.6) is 0 Å². The molecule has 156 valence electrons. The van der Waals surface area contributed by atoms with E-state index in [2.05, 4.69) is 16.4 Å². The molecule has 0 unspecified atom stereocenters. The van der Waals surface area contributed by atoms with Crippen LogP contribution in [0, 0.1) is 30.5 Å². The first-order valence-electron chi connectivity index (χ1n) is 10.5. The second-order valence-corrected chi connectivity index (χ2v) is 8.86. The molecular formula is C24H27N3O2S. The van der Waals surface area contributed by atoms with Gasteiger partial charge in [0.2, 0.25) is 5.91 Å². The SMILES string of the molecule is Cc1cc(C)cc(NC(=O)C2CCC(Cn3c(=S)[nH]c4ccccc4c3=O)CC2)c1. The first-order chi connectivity index (χ1) is 14.4. The summed E-state index contributed by atoms with van der Waals surface area (Å²) in [6.07, 6.45) is 3.50. The zero-order valence-electron chi connectivity index (χ0n) is 17.4. The number of carbonyl (C=O) groups is 1. The maximum absolute atomic E-state index is 12.9. The van der Waals surface area contributed by atoms with Gasteiger partial charge in [0, 0.05) is 18.2 Å². The number of aromatic nitrogens is 2. The minimum Gasteiger partial charge on any atom is -0.332 e. The Kier molecular flexibility index (Phi) is 5.86. The van der Waals surface area contributed by atoms with E-state index < -0.39 is 0 Å². The highest BCUT2D eigenvalue weighted by Gasteiger charge is 2.27. The number of benzene rings is 2. The molecule has 2 N–H and O–H groups in total. The zero-order valence-corrected chi connectivity index (χ0v) is 18.2. The van der Waals surface area contributed by atoms with Gasteiger partial charge >= 0.3 is 0 Å². The lowest BCUT2D eigenvalue weighted by Gasteiger charge is -2.28. The van der Waals surface area contributed by atoms with Crippen molar-refractivity contribution in [1.29, 1.82) is 0 Å². The van der Waals surface area contributed by atoms with Gasteiger partial charge in [-0.25, -0.2) is 0 Å². The third-order valence-electron chi connectivity index (χ3n) is 6.04. The summed E-state index contributed by atoms with van der Waals surface area (Å²) in [7, 11) is 0. The van der Waals surface area contributed by atoms with Crippen LogP contribution in [0.1, 0.15) is 36.8 Å². The summed E-state index contributed by atoms with van der Waals surface area (Å²) in [6.45, 7) is 4.67. The number of amides is 1. The number of fused-ring (bicyclic) bond motifs is 1. The van der Waals surface area contributed by atoms with Gasteiger partial charge in [0.15, 0.2) is 4.77 Å². The molecule has 0 saturated heterocycles. The molecule has 1 aliphatic rings. The Labute approximate surface area is 181 Å². The van der Waals surface area contributed by atoms with Gasteiger partial charge in [0.1, 0.15) is 0 Å². The van der Waals surface area contributed by atoms with Gasteiger partial charge in [-0.2, -0.15) is 0 Å². The molecule has 1 heterocycles. The number of rotatable bonds is 4. The van der Waals surface area contributed by atoms with Crippen LogP contribution in [0.4, 0.5) is 5.69 Å². The molecule has 6 heteroatoms. The van der Waals surface area contributed by atoms with Gasteiger partial charge in [-0.05, 0) is 93.1 Å². The Morgan fingerprint density at radius 2 is 1.77 bits per heavy atom. The van der Waals surface area contributed by atoms with Crippen LogP contribution >= 0.6 is 12.2 Å². The molecule has 1 fully saturated rings. The molecule has 1 amide bonds. The molecule has 1 saturated carbocycles. The van der Waals surface area contributed by atoms with E-state index in [0.717, 1.165) is 48.0 Å². The van der Waals surface area contributed by atoms with Crippen LogP contribution in [0.2, 0.25) is 0 Å². The summed E-state index contributed by atoms with van der Waals surface area (Å²) in [5.74, 6) is 0.466. The van der Waals surface area contributed by atoms with Gasteiger partial charge in [0.05, 0.1) is 10.9 Å². The van der Waals surface area contributed by atoms with E-state index in [9.17, 15) is 9.59 Å². The quantitative estimate of drug-likeness (QED) is 0.575. The van der Waals surface area contributed by atoms with Crippen molar-refractivity contribution in [2.24, 2.45) is 11.8 Å². The number of aromatic amines is 1. The Hall–Kier alpha value is -2.73. The van der Waals surface area contributed by atoms with E-state index in [4.69, 9.17) is 12.2 Å². The van der Waals surface area contributed by atoms with E-state index in [1.165, 1.54) is 0 Å². The molecule has 4 rings (SSSR count). The maximum atomic E-state index is 12.9. The van der Waals surface area contributed by atoms with Gasteiger partial charge in [0.25, 0.3) is 5.56 Å². The lowest BCUT2D eigenvalue weighted by molar-refractivity contribution is -0.121. The molecule has 0 bridgehead atoms. The lowest BCUT2D eigenvalue weighted by atomic mass is 9.81. The first-order valence-corrected chi connectivity index (χ1v) is 10.9. The predicted octanol–water partition coefficient (Wildman–Crippen LogP) is 5.12. The number of hydrogen-bond acceptors (Lipinski definition) is 3.